The van der Waals surface area contributed by atoms with Gasteiger partial charge in [-0.1, -0.05) is 18.3 Å². The standard InChI is InChI=1S/C16H22N2O/c1-19-16-8-7-14(6-5-9-17)12-15(16)13-18-10-3-2-4-11-18/h7-8,12H,2-4,9-11,13,17H2,1H3. The van der Waals surface area contributed by atoms with Crippen molar-refractivity contribution < 1.29 is 4.74 Å². The molecular weight excluding hydrogens is 236 g/mol. The van der Waals surface area contributed by atoms with Gasteiger partial charge in [-0.05, 0) is 44.1 Å². The lowest BCUT2D eigenvalue weighted by Gasteiger charge is -2.27. The third kappa shape index (κ3) is 3.99. The van der Waals surface area contributed by atoms with Crippen molar-refractivity contribution in [2.75, 3.05) is 26.7 Å². The van der Waals surface area contributed by atoms with E-state index in [1.807, 2.05) is 12.1 Å². The van der Waals surface area contributed by atoms with Crippen molar-refractivity contribution in [2.45, 2.75) is 25.8 Å². The molecule has 3 nitrogen and oxygen atoms in total. The van der Waals surface area contributed by atoms with Crippen molar-refractivity contribution in [1.29, 1.82) is 0 Å². The largest absolute Gasteiger partial charge is 0.496 e. The van der Waals surface area contributed by atoms with Crippen LogP contribution in [0.4, 0.5) is 0 Å². The van der Waals surface area contributed by atoms with Crippen LogP contribution in [0.15, 0.2) is 18.2 Å². The monoisotopic (exact) mass is 258 g/mol. The summed E-state index contributed by atoms with van der Waals surface area (Å²) in [5.41, 5.74) is 7.64. The van der Waals surface area contributed by atoms with Gasteiger partial charge in [-0.3, -0.25) is 4.90 Å². The number of methoxy groups -OCH3 is 1. The van der Waals surface area contributed by atoms with Crippen molar-refractivity contribution in [3.63, 3.8) is 0 Å². The van der Waals surface area contributed by atoms with Crippen LogP contribution < -0.4 is 10.5 Å². The summed E-state index contributed by atoms with van der Waals surface area (Å²) >= 11 is 0. The average molecular weight is 258 g/mol. The van der Waals surface area contributed by atoms with Gasteiger partial charge in [0, 0.05) is 17.7 Å². The number of nitrogens with two attached hydrogens (primary N) is 1. The third-order valence-corrected chi connectivity index (χ3v) is 3.46. The molecule has 0 unspecified atom stereocenters. The van der Waals surface area contributed by atoms with Gasteiger partial charge in [0.05, 0.1) is 13.7 Å². The van der Waals surface area contributed by atoms with Crippen LogP contribution in [0.3, 0.4) is 0 Å². The summed E-state index contributed by atoms with van der Waals surface area (Å²) in [6.45, 7) is 3.71. The molecule has 1 saturated heterocycles. The quantitative estimate of drug-likeness (QED) is 0.843. The van der Waals surface area contributed by atoms with Gasteiger partial charge in [0.25, 0.3) is 0 Å². The van der Waals surface area contributed by atoms with Gasteiger partial charge >= 0.3 is 0 Å². The first-order valence-electron chi connectivity index (χ1n) is 6.91. The molecule has 2 rings (SSSR count). The summed E-state index contributed by atoms with van der Waals surface area (Å²) in [7, 11) is 1.72. The minimum atomic E-state index is 0.396. The Bertz CT molecular complexity index is 467. The van der Waals surface area contributed by atoms with E-state index in [0.717, 1.165) is 17.9 Å². The molecule has 0 spiro atoms. The summed E-state index contributed by atoms with van der Waals surface area (Å²) < 4.78 is 5.45. The second kappa shape index (κ2) is 7.18. The van der Waals surface area contributed by atoms with E-state index in [1.165, 1.54) is 37.9 Å². The lowest BCUT2D eigenvalue weighted by Crippen LogP contribution is -2.29. The van der Waals surface area contributed by atoms with Gasteiger partial charge in [-0.2, -0.15) is 0 Å². The van der Waals surface area contributed by atoms with Gasteiger partial charge < -0.3 is 10.5 Å². The van der Waals surface area contributed by atoms with E-state index in [-0.39, 0.29) is 0 Å². The Kier molecular flexibility index (Phi) is 5.26. The Hall–Kier alpha value is -1.50. The summed E-state index contributed by atoms with van der Waals surface area (Å²) in [5.74, 6) is 6.93. The summed E-state index contributed by atoms with van der Waals surface area (Å²) in [6.07, 6.45) is 3.96. The number of nitrogens with zero attached hydrogens (tertiary/aromatic N) is 1. The average Bonchev–Trinajstić information content (AvgIpc) is 2.46. The highest BCUT2D eigenvalue weighted by Crippen LogP contribution is 2.23. The number of ether oxygens (including phenoxy) is 1. The molecule has 0 saturated carbocycles. The van der Waals surface area contributed by atoms with Crippen LogP contribution in [0, 0.1) is 11.8 Å². The summed E-state index contributed by atoms with van der Waals surface area (Å²) in [6, 6.07) is 6.11. The molecule has 1 aromatic rings. The van der Waals surface area contributed by atoms with Gasteiger partial charge in [-0.25, -0.2) is 0 Å². The molecule has 3 heteroatoms. The number of likely N-dealkylation sites (tertiary alicyclic amines) is 1. The second-order valence-corrected chi connectivity index (χ2v) is 4.87. The highest BCUT2D eigenvalue weighted by molar-refractivity contribution is 5.44. The molecular formula is C16H22N2O. The zero-order valence-corrected chi connectivity index (χ0v) is 11.6. The van der Waals surface area contributed by atoms with Gasteiger partial charge in [0.2, 0.25) is 0 Å². The van der Waals surface area contributed by atoms with Gasteiger partial charge in [-0.15, -0.1) is 0 Å². The third-order valence-electron chi connectivity index (χ3n) is 3.46. The van der Waals surface area contributed by atoms with Crippen molar-refractivity contribution in [3.8, 4) is 17.6 Å². The molecule has 1 aliphatic rings. The fraction of sp³-hybridized carbons (Fsp3) is 0.500. The van der Waals surface area contributed by atoms with Crippen LogP contribution in [0.5, 0.6) is 5.75 Å². The lowest BCUT2D eigenvalue weighted by atomic mass is 10.1. The van der Waals surface area contributed by atoms with Crippen LogP contribution in [0.1, 0.15) is 30.4 Å². The maximum absolute atomic E-state index is 5.45. The van der Waals surface area contributed by atoms with Gasteiger partial charge in [0.15, 0.2) is 0 Å². The van der Waals surface area contributed by atoms with Crippen LogP contribution >= 0.6 is 0 Å². The topological polar surface area (TPSA) is 38.5 Å². The van der Waals surface area contributed by atoms with E-state index >= 15 is 0 Å². The smallest absolute Gasteiger partial charge is 0.123 e. The van der Waals surface area contributed by atoms with E-state index < -0.39 is 0 Å². The minimum absolute atomic E-state index is 0.396. The summed E-state index contributed by atoms with van der Waals surface area (Å²) in [4.78, 5) is 2.49. The predicted molar refractivity (Wildman–Crippen MR) is 78.1 cm³/mol. The molecule has 0 aliphatic carbocycles. The number of hydrogen-bond acceptors (Lipinski definition) is 3. The van der Waals surface area contributed by atoms with E-state index in [2.05, 4.69) is 22.8 Å². The molecule has 0 bridgehead atoms. The first-order valence-corrected chi connectivity index (χ1v) is 6.91. The minimum Gasteiger partial charge on any atom is -0.496 e. The van der Waals surface area contributed by atoms with Crippen molar-refractivity contribution >= 4 is 0 Å². The SMILES string of the molecule is COc1ccc(C#CCN)cc1CN1CCCCC1. The van der Waals surface area contributed by atoms with Gasteiger partial charge in [0.1, 0.15) is 5.75 Å². The van der Waals surface area contributed by atoms with Crippen LogP contribution in [0.2, 0.25) is 0 Å². The fourth-order valence-corrected chi connectivity index (χ4v) is 2.49. The maximum atomic E-state index is 5.45. The molecule has 1 aliphatic heterocycles. The highest BCUT2D eigenvalue weighted by Gasteiger charge is 2.13. The highest BCUT2D eigenvalue weighted by atomic mass is 16.5. The fourth-order valence-electron chi connectivity index (χ4n) is 2.49. The number of benzene rings is 1. The Morgan fingerprint density at radius 1 is 1.26 bits per heavy atom. The Morgan fingerprint density at radius 3 is 2.74 bits per heavy atom. The number of hydrogen-bond donors (Lipinski definition) is 1. The molecule has 1 aromatic carbocycles. The number of piperidine rings is 1. The summed E-state index contributed by atoms with van der Waals surface area (Å²) in [5, 5.41) is 0. The molecule has 0 atom stereocenters. The van der Waals surface area contributed by atoms with E-state index in [4.69, 9.17) is 10.5 Å². The predicted octanol–water partition coefficient (Wildman–Crippen LogP) is 1.99. The second-order valence-electron chi connectivity index (χ2n) is 4.87. The first-order chi connectivity index (χ1) is 9.33. The van der Waals surface area contributed by atoms with E-state index in [1.54, 1.807) is 7.11 Å². The molecule has 102 valence electrons. The van der Waals surface area contributed by atoms with Crippen molar-refractivity contribution in [2.24, 2.45) is 5.73 Å². The van der Waals surface area contributed by atoms with Crippen molar-refractivity contribution in [1.82, 2.24) is 4.90 Å². The lowest BCUT2D eigenvalue weighted by molar-refractivity contribution is 0.218. The van der Waals surface area contributed by atoms with Crippen LogP contribution in [0.25, 0.3) is 0 Å². The van der Waals surface area contributed by atoms with Crippen LogP contribution in [-0.4, -0.2) is 31.6 Å². The molecule has 1 heterocycles. The molecule has 0 amide bonds. The molecule has 0 aromatic heterocycles. The van der Waals surface area contributed by atoms with E-state index in [9.17, 15) is 0 Å². The molecule has 1 fully saturated rings. The first kappa shape index (κ1) is 13.9. The Morgan fingerprint density at radius 2 is 2.05 bits per heavy atom. The zero-order valence-electron chi connectivity index (χ0n) is 11.6. The Balaban J connectivity index is 2.15. The van der Waals surface area contributed by atoms with E-state index in [0.29, 0.717) is 6.54 Å². The molecule has 2 N–H and O–H groups in total. The normalized spacial score (nSPS) is 15.7. The number of rotatable bonds is 3. The van der Waals surface area contributed by atoms with Crippen molar-refractivity contribution in [3.05, 3.63) is 29.3 Å². The maximum Gasteiger partial charge on any atom is 0.123 e. The molecule has 0 radical (unpaired) electrons. The zero-order chi connectivity index (χ0) is 13.5. The molecule has 19 heavy (non-hydrogen) atoms. The van der Waals surface area contributed by atoms with Crippen LogP contribution in [-0.2, 0) is 6.54 Å². The Labute approximate surface area is 115 Å².